The number of carbonyl (C=O) groups is 1. The topological polar surface area (TPSA) is 94.8 Å². The van der Waals surface area contributed by atoms with E-state index in [0.717, 1.165) is 35.2 Å². The summed E-state index contributed by atoms with van der Waals surface area (Å²) in [4.78, 5) is 30.7. The number of aryl methyl sites for hydroxylation is 1. The Kier molecular flexibility index (Phi) is 6.38. The average molecular weight is 505 g/mol. The van der Waals surface area contributed by atoms with Crippen LogP contribution in [0.3, 0.4) is 0 Å². The molecule has 1 N–H and O–H groups in total. The fourth-order valence-corrected chi connectivity index (χ4v) is 4.40. The van der Waals surface area contributed by atoms with E-state index in [0.29, 0.717) is 34.4 Å². The van der Waals surface area contributed by atoms with Gasteiger partial charge >= 0.3 is 0 Å². The van der Waals surface area contributed by atoms with E-state index in [9.17, 15) is 4.79 Å². The first-order valence-corrected chi connectivity index (χ1v) is 12.5. The molecular formula is C27H29ClN6O2. The number of aromatic nitrogens is 5. The third kappa shape index (κ3) is 5.18. The molecule has 186 valence electrons. The Morgan fingerprint density at radius 2 is 2.00 bits per heavy atom. The van der Waals surface area contributed by atoms with E-state index in [1.807, 2.05) is 55.7 Å². The minimum absolute atomic E-state index is 0.0442. The van der Waals surface area contributed by atoms with E-state index >= 15 is 0 Å². The lowest BCUT2D eigenvalue weighted by atomic mass is 10.1. The van der Waals surface area contributed by atoms with Gasteiger partial charge in [-0.25, -0.2) is 9.97 Å². The molecule has 3 aromatic heterocycles. The van der Waals surface area contributed by atoms with Crippen LogP contribution in [0.1, 0.15) is 50.4 Å². The van der Waals surface area contributed by atoms with Gasteiger partial charge in [0, 0.05) is 17.8 Å². The zero-order valence-electron chi connectivity index (χ0n) is 20.9. The van der Waals surface area contributed by atoms with Gasteiger partial charge in [-0.3, -0.25) is 9.78 Å². The van der Waals surface area contributed by atoms with E-state index < -0.39 is 0 Å². The zero-order chi connectivity index (χ0) is 25.4. The number of nitrogens with zero attached hydrogens (tertiary/aromatic N) is 5. The van der Waals surface area contributed by atoms with Crippen molar-refractivity contribution in [2.45, 2.75) is 65.1 Å². The summed E-state index contributed by atoms with van der Waals surface area (Å²) in [5.41, 5.74) is 4.59. The zero-order valence-corrected chi connectivity index (χ0v) is 21.6. The molecule has 9 heteroatoms. The third-order valence-corrected chi connectivity index (χ3v) is 6.49. The summed E-state index contributed by atoms with van der Waals surface area (Å²) in [5, 5.41) is 3.41. The minimum Gasteiger partial charge on any atom is -0.470 e. The van der Waals surface area contributed by atoms with Crippen LogP contribution < -0.4 is 10.1 Å². The maximum atomic E-state index is 12.2. The van der Waals surface area contributed by atoms with Gasteiger partial charge in [0.1, 0.15) is 17.8 Å². The lowest BCUT2D eigenvalue weighted by Crippen LogP contribution is -2.31. The number of halogens is 1. The Morgan fingerprint density at radius 3 is 2.69 bits per heavy atom. The number of fused-ring (bicyclic) bond motifs is 1. The molecule has 0 saturated heterocycles. The fraction of sp³-hybridized carbons (Fsp3) is 0.370. The quantitative estimate of drug-likeness (QED) is 0.367. The maximum Gasteiger partial charge on any atom is 0.245 e. The lowest BCUT2D eigenvalue weighted by Gasteiger charge is -2.12. The van der Waals surface area contributed by atoms with Crippen LogP contribution in [-0.4, -0.2) is 42.1 Å². The summed E-state index contributed by atoms with van der Waals surface area (Å²) in [7, 11) is 0. The number of benzene rings is 1. The van der Waals surface area contributed by atoms with Gasteiger partial charge in [0.2, 0.25) is 11.8 Å². The first-order valence-electron chi connectivity index (χ1n) is 12.1. The van der Waals surface area contributed by atoms with Crippen LogP contribution in [0.2, 0.25) is 5.02 Å². The third-order valence-electron chi connectivity index (χ3n) is 6.18. The molecule has 1 aromatic carbocycles. The lowest BCUT2D eigenvalue weighted by molar-refractivity contribution is -0.120. The highest BCUT2D eigenvalue weighted by Crippen LogP contribution is 2.41. The van der Waals surface area contributed by atoms with Crippen LogP contribution in [0.15, 0.2) is 42.9 Å². The molecule has 0 radical (unpaired) electrons. The molecule has 0 spiro atoms. The van der Waals surface area contributed by atoms with Gasteiger partial charge in [0.15, 0.2) is 11.2 Å². The number of hydrogen-bond acceptors (Lipinski definition) is 6. The number of hydrogen-bond donors (Lipinski definition) is 1. The molecular weight excluding hydrogens is 476 g/mol. The van der Waals surface area contributed by atoms with Crippen molar-refractivity contribution >= 4 is 28.7 Å². The SMILES string of the molecule is Cc1ccnc(Cn2c(-c3ccc(CC(=O)NC(C)C)cc3Cl)nc3c(OC4(C)CC4)ncnc32)c1. The summed E-state index contributed by atoms with van der Waals surface area (Å²) in [6.07, 6.45) is 5.52. The number of carbonyl (C=O) groups excluding carboxylic acids is 1. The van der Waals surface area contributed by atoms with Gasteiger partial charge in [-0.15, -0.1) is 0 Å². The Balaban J connectivity index is 1.58. The summed E-state index contributed by atoms with van der Waals surface area (Å²) >= 11 is 6.77. The predicted molar refractivity (Wildman–Crippen MR) is 139 cm³/mol. The van der Waals surface area contributed by atoms with Crippen molar-refractivity contribution in [2.24, 2.45) is 0 Å². The van der Waals surface area contributed by atoms with Gasteiger partial charge in [0.05, 0.1) is 23.7 Å². The minimum atomic E-state index is -0.209. The second-order valence-corrected chi connectivity index (χ2v) is 10.4. The predicted octanol–water partition coefficient (Wildman–Crippen LogP) is 4.90. The highest BCUT2D eigenvalue weighted by atomic mass is 35.5. The summed E-state index contributed by atoms with van der Waals surface area (Å²) in [6.45, 7) is 8.43. The molecule has 1 fully saturated rings. The van der Waals surface area contributed by atoms with E-state index in [-0.39, 0.29) is 24.0 Å². The first-order chi connectivity index (χ1) is 17.2. The fourth-order valence-electron chi connectivity index (χ4n) is 4.11. The van der Waals surface area contributed by atoms with E-state index in [4.69, 9.17) is 21.3 Å². The molecule has 1 aliphatic rings. The van der Waals surface area contributed by atoms with Crippen LogP contribution in [0, 0.1) is 6.92 Å². The average Bonchev–Trinajstić information content (AvgIpc) is 3.42. The normalized spacial score (nSPS) is 14.3. The Morgan fingerprint density at radius 1 is 1.19 bits per heavy atom. The molecule has 0 unspecified atom stereocenters. The summed E-state index contributed by atoms with van der Waals surface area (Å²) in [6, 6.07) is 9.71. The Labute approximate surface area is 215 Å². The van der Waals surface area contributed by atoms with Crippen LogP contribution in [-0.2, 0) is 17.8 Å². The number of amides is 1. The summed E-state index contributed by atoms with van der Waals surface area (Å²) in [5.74, 6) is 1.07. The van der Waals surface area contributed by atoms with Crippen LogP contribution in [0.5, 0.6) is 5.88 Å². The second-order valence-electron chi connectivity index (χ2n) is 9.96. The van der Waals surface area contributed by atoms with Crippen molar-refractivity contribution in [3.8, 4) is 17.3 Å². The van der Waals surface area contributed by atoms with Gasteiger partial charge in [-0.05, 0) is 75.9 Å². The molecule has 4 aromatic rings. The first kappa shape index (κ1) is 24.2. The monoisotopic (exact) mass is 504 g/mol. The molecule has 36 heavy (non-hydrogen) atoms. The number of ether oxygens (including phenoxy) is 1. The Bertz CT molecular complexity index is 1440. The van der Waals surface area contributed by atoms with Gasteiger partial charge in [-0.1, -0.05) is 17.7 Å². The van der Waals surface area contributed by atoms with Crippen molar-refractivity contribution in [3.63, 3.8) is 0 Å². The van der Waals surface area contributed by atoms with E-state index in [2.05, 4.69) is 27.2 Å². The molecule has 8 nitrogen and oxygen atoms in total. The van der Waals surface area contributed by atoms with Crippen molar-refractivity contribution in [1.29, 1.82) is 0 Å². The maximum absolute atomic E-state index is 12.2. The number of nitrogens with one attached hydrogen (secondary N) is 1. The van der Waals surface area contributed by atoms with Crippen molar-refractivity contribution in [3.05, 3.63) is 64.7 Å². The van der Waals surface area contributed by atoms with E-state index in [1.54, 1.807) is 6.20 Å². The van der Waals surface area contributed by atoms with Crippen LogP contribution in [0.4, 0.5) is 0 Å². The second kappa shape index (κ2) is 9.50. The molecule has 0 aliphatic heterocycles. The molecule has 5 rings (SSSR count). The van der Waals surface area contributed by atoms with Crippen molar-refractivity contribution in [1.82, 2.24) is 29.8 Å². The Hall–Kier alpha value is -3.52. The van der Waals surface area contributed by atoms with Crippen molar-refractivity contribution < 1.29 is 9.53 Å². The van der Waals surface area contributed by atoms with Crippen LogP contribution >= 0.6 is 11.6 Å². The van der Waals surface area contributed by atoms with Crippen LogP contribution in [0.25, 0.3) is 22.6 Å². The van der Waals surface area contributed by atoms with E-state index in [1.165, 1.54) is 6.33 Å². The van der Waals surface area contributed by atoms with Gasteiger partial charge in [-0.2, -0.15) is 4.98 Å². The molecule has 3 heterocycles. The number of rotatable bonds is 8. The molecule has 1 saturated carbocycles. The van der Waals surface area contributed by atoms with Crippen molar-refractivity contribution in [2.75, 3.05) is 0 Å². The summed E-state index contributed by atoms with van der Waals surface area (Å²) < 4.78 is 8.20. The molecule has 1 aliphatic carbocycles. The molecule has 0 bridgehead atoms. The molecule has 1 amide bonds. The molecule has 0 atom stereocenters. The smallest absolute Gasteiger partial charge is 0.245 e. The standard InChI is InChI=1S/C27H29ClN6O2/c1-16(2)32-22(35)13-18-5-6-20(21(28)12-18)24-33-23-25(30-15-31-26(23)36-27(4)8-9-27)34(24)14-19-11-17(3)7-10-29-19/h5-7,10-12,15-16H,8-9,13-14H2,1-4H3,(H,32,35). The highest BCUT2D eigenvalue weighted by molar-refractivity contribution is 6.33. The highest BCUT2D eigenvalue weighted by Gasteiger charge is 2.41. The number of imidazole rings is 1. The van der Waals surface area contributed by atoms with Gasteiger partial charge in [0.25, 0.3) is 0 Å². The number of pyridine rings is 1. The largest absolute Gasteiger partial charge is 0.470 e. The van der Waals surface area contributed by atoms with Gasteiger partial charge < -0.3 is 14.6 Å².